The number of nitrogens with one attached hydrogen (secondary N) is 3. The zero-order valence-corrected chi connectivity index (χ0v) is 24.8. The van der Waals surface area contributed by atoms with Gasteiger partial charge >= 0.3 is 0 Å². The number of nitrogens with zero attached hydrogens (tertiary/aromatic N) is 3. The number of carbonyl (C=O) groups excluding carboxylic acids is 2. The summed E-state index contributed by atoms with van der Waals surface area (Å²) in [5.41, 5.74) is 5.57. The van der Waals surface area contributed by atoms with Crippen LogP contribution in [0.1, 0.15) is 49.4 Å². The van der Waals surface area contributed by atoms with Gasteiger partial charge in [-0.1, -0.05) is 92.7 Å². The molecule has 44 heavy (non-hydrogen) atoms. The van der Waals surface area contributed by atoms with Crippen LogP contribution in [-0.2, 0) is 21.4 Å². The van der Waals surface area contributed by atoms with Gasteiger partial charge in [0.25, 0.3) is 0 Å². The van der Waals surface area contributed by atoms with Gasteiger partial charge in [-0.2, -0.15) is 10.2 Å². The molecule has 8 nitrogen and oxygen atoms in total. The van der Waals surface area contributed by atoms with Gasteiger partial charge in [-0.15, -0.1) is 5.10 Å². The van der Waals surface area contributed by atoms with Gasteiger partial charge in [0.2, 0.25) is 17.8 Å². The fourth-order valence-electron chi connectivity index (χ4n) is 6.17. The number of hydrogen-bond donors (Lipinski definition) is 3. The van der Waals surface area contributed by atoms with Gasteiger partial charge in [-0.3, -0.25) is 20.0 Å². The molecule has 0 bridgehead atoms. The second kappa shape index (κ2) is 11.3. The number of amides is 2. The van der Waals surface area contributed by atoms with Crippen molar-refractivity contribution in [3.63, 3.8) is 0 Å². The van der Waals surface area contributed by atoms with Crippen molar-refractivity contribution in [2.45, 2.75) is 39.0 Å². The molecule has 0 fully saturated rings. The Morgan fingerprint density at radius 1 is 0.864 bits per heavy atom. The summed E-state index contributed by atoms with van der Waals surface area (Å²) in [7, 11) is 0. The van der Waals surface area contributed by atoms with E-state index in [9.17, 15) is 14.9 Å². The number of rotatable bonds is 7. The molecule has 1 aliphatic carbocycles. The third-order valence-electron chi connectivity index (χ3n) is 8.21. The van der Waals surface area contributed by atoms with Gasteiger partial charge in [0.05, 0.1) is 6.07 Å². The van der Waals surface area contributed by atoms with Gasteiger partial charge in [0.1, 0.15) is 5.41 Å². The highest BCUT2D eigenvalue weighted by molar-refractivity contribution is 5.94. The molecule has 0 saturated heterocycles. The lowest BCUT2D eigenvalue weighted by Crippen LogP contribution is -2.41. The predicted octanol–water partition coefficient (Wildman–Crippen LogP) is 6.87. The quantitative estimate of drug-likeness (QED) is 0.194. The Balaban J connectivity index is 1.24. The molecule has 4 aromatic carbocycles. The van der Waals surface area contributed by atoms with Gasteiger partial charge in [0, 0.05) is 23.6 Å². The number of hydrogen-bond acceptors (Lipinski definition) is 5. The lowest BCUT2D eigenvalue weighted by atomic mass is 9.61. The Morgan fingerprint density at radius 3 is 2.14 bits per heavy atom. The van der Waals surface area contributed by atoms with E-state index in [0.717, 1.165) is 45.4 Å². The summed E-state index contributed by atoms with van der Waals surface area (Å²) in [5.74, 6) is 0.251. The molecule has 2 amide bonds. The number of fused-ring (bicyclic) bond motifs is 2. The molecule has 1 aromatic heterocycles. The SMILES string of the molecule is CC(=O)Nc1cccc(-c2cccc(-c3nc(NC(=O)C(C)(C)CC4(C#N)c5ccccc5Cc5ccccc54)n[nH]3)c2)c1. The first kappa shape index (κ1) is 28.6. The van der Waals surface area contributed by atoms with Crippen molar-refractivity contribution in [1.82, 2.24) is 15.2 Å². The lowest BCUT2D eigenvalue weighted by molar-refractivity contribution is -0.124. The Morgan fingerprint density at radius 2 is 1.48 bits per heavy atom. The monoisotopic (exact) mass is 580 g/mol. The second-order valence-corrected chi connectivity index (χ2v) is 11.9. The molecule has 8 heteroatoms. The van der Waals surface area contributed by atoms with Crippen molar-refractivity contribution in [2.75, 3.05) is 10.6 Å². The summed E-state index contributed by atoms with van der Waals surface area (Å²) < 4.78 is 0. The summed E-state index contributed by atoms with van der Waals surface area (Å²) in [6.45, 7) is 5.19. The molecule has 0 spiro atoms. The number of anilines is 2. The van der Waals surface area contributed by atoms with Crippen LogP contribution < -0.4 is 10.6 Å². The summed E-state index contributed by atoms with van der Waals surface area (Å²) in [6.07, 6.45) is 1.04. The van der Waals surface area contributed by atoms with Crippen LogP contribution in [0.25, 0.3) is 22.5 Å². The van der Waals surface area contributed by atoms with E-state index in [4.69, 9.17) is 0 Å². The summed E-state index contributed by atoms with van der Waals surface area (Å²) in [4.78, 5) is 29.8. The number of carbonyl (C=O) groups is 2. The third kappa shape index (κ3) is 5.36. The second-order valence-electron chi connectivity index (χ2n) is 11.9. The van der Waals surface area contributed by atoms with E-state index in [0.29, 0.717) is 11.5 Å². The number of aromatic nitrogens is 3. The molecule has 6 rings (SSSR count). The summed E-state index contributed by atoms with van der Waals surface area (Å²) in [6, 6.07) is 34.0. The normalized spacial score (nSPS) is 13.2. The molecule has 218 valence electrons. The number of benzene rings is 4. The summed E-state index contributed by atoms with van der Waals surface area (Å²) >= 11 is 0. The highest BCUT2D eigenvalue weighted by Crippen LogP contribution is 2.48. The fourth-order valence-corrected chi connectivity index (χ4v) is 6.17. The molecule has 5 aromatic rings. The van der Waals surface area contributed by atoms with Crippen molar-refractivity contribution in [1.29, 1.82) is 5.26 Å². The van der Waals surface area contributed by atoms with Crippen molar-refractivity contribution in [3.05, 3.63) is 119 Å². The zero-order valence-electron chi connectivity index (χ0n) is 24.8. The van der Waals surface area contributed by atoms with Crippen LogP contribution in [0.3, 0.4) is 0 Å². The van der Waals surface area contributed by atoms with Crippen LogP contribution >= 0.6 is 0 Å². The van der Waals surface area contributed by atoms with Gasteiger partial charge in [-0.25, -0.2) is 0 Å². The fraction of sp³-hybridized carbons (Fsp3) is 0.194. The minimum Gasteiger partial charge on any atom is -0.326 e. The van der Waals surface area contributed by atoms with E-state index in [2.05, 4.69) is 44.0 Å². The first-order valence-electron chi connectivity index (χ1n) is 14.5. The maximum absolute atomic E-state index is 13.7. The van der Waals surface area contributed by atoms with Crippen LogP contribution in [0.5, 0.6) is 0 Å². The van der Waals surface area contributed by atoms with E-state index in [-0.39, 0.29) is 24.2 Å². The largest absolute Gasteiger partial charge is 0.326 e. The first-order chi connectivity index (χ1) is 21.2. The Kier molecular flexibility index (Phi) is 7.32. The van der Waals surface area contributed by atoms with Gasteiger partial charge < -0.3 is 5.32 Å². The minimum atomic E-state index is -0.978. The van der Waals surface area contributed by atoms with Crippen LogP contribution in [0.2, 0.25) is 0 Å². The predicted molar refractivity (Wildman–Crippen MR) is 171 cm³/mol. The summed E-state index contributed by atoms with van der Waals surface area (Å²) in [5, 5.41) is 23.6. The molecule has 3 N–H and O–H groups in total. The van der Waals surface area contributed by atoms with E-state index >= 15 is 0 Å². The van der Waals surface area contributed by atoms with E-state index in [1.54, 1.807) is 0 Å². The molecule has 1 aliphatic rings. The first-order valence-corrected chi connectivity index (χ1v) is 14.5. The molecular weight excluding hydrogens is 548 g/mol. The maximum atomic E-state index is 13.7. The van der Waals surface area contributed by atoms with Crippen molar-refractivity contribution in [3.8, 4) is 28.6 Å². The topological polar surface area (TPSA) is 124 Å². The van der Waals surface area contributed by atoms with Crippen LogP contribution in [-0.4, -0.2) is 27.0 Å². The van der Waals surface area contributed by atoms with E-state index in [1.807, 2.05) is 98.8 Å². The Hall–Kier alpha value is -5.55. The Labute approximate surface area is 256 Å². The van der Waals surface area contributed by atoms with Crippen molar-refractivity contribution < 1.29 is 9.59 Å². The zero-order chi connectivity index (χ0) is 30.9. The van der Waals surface area contributed by atoms with Gasteiger partial charge in [0.15, 0.2) is 5.82 Å². The van der Waals surface area contributed by atoms with Gasteiger partial charge in [-0.05, 0) is 64.4 Å². The lowest BCUT2D eigenvalue weighted by Gasteiger charge is -2.40. The highest BCUT2D eigenvalue weighted by atomic mass is 16.2. The average Bonchev–Trinajstić information content (AvgIpc) is 3.49. The van der Waals surface area contributed by atoms with Crippen LogP contribution in [0, 0.1) is 16.7 Å². The number of nitriles is 1. The van der Waals surface area contributed by atoms with Crippen molar-refractivity contribution >= 4 is 23.5 Å². The van der Waals surface area contributed by atoms with Crippen molar-refractivity contribution in [2.24, 2.45) is 5.41 Å². The molecule has 0 unspecified atom stereocenters. The third-order valence-corrected chi connectivity index (χ3v) is 8.21. The van der Waals surface area contributed by atoms with Crippen LogP contribution in [0.4, 0.5) is 11.6 Å². The molecule has 0 aliphatic heterocycles. The maximum Gasteiger partial charge on any atom is 0.249 e. The molecule has 0 radical (unpaired) electrons. The average molecular weight is 581 g/mol. The van der Waals surface area contributed by atoms with E-state index in [1.165, 1.54) is 6.92 Å². The Bertz CT molecular complexity index is 1890. The highest BCUT2D eigenvalue weighted by Gasteiger charge is 2.47. The smallest absolute Gasteiger partial charge is 0.249 e. The number of H-pyrrole nitrogens is 1. The number of aromatic amines is 1. The molecule has 0 saturated carbocycles. The van der Waals surface area contributed by atoms with Crippen LogP contribution in [0.15, 0.2) is 97.1 Å². The molecule has 0 atom stereocenters. The van der Waals surface area contributed by atoms with E-state index < -0.39 is 10.8 Å². The molecular formula is C36H32N6O2. The minimum absolute atomic E-state index is 0.133. The standard InChI is InChI=1S/C36H32N6O2/c1-23(43)38-29-15-9-13-25(20-29)24-12-8-14-28(18-24)32-39-34(42-41-32)40-33(44)35(2,3)21-36(22-37)30-16-6-4-10-26(30)19-27-11-5-7-17-31(27)36/h4-18,20H,19,21H2,1-3H3,(H,38,43)(H2,39,40,41,42,44). The molecule has 1 heterocycles.